The second-order valence-electron chi connectivity index (χ2n) is 4.84. The summed E-state index contributed by atoms with van der Waals surface area (Å²) in [5, 5.41) is 27.1. The van der Waals surface area contributed by atoms with Crippen molar-refractivity contribution in [2.45, 2.75) is 39.0 Å². The van der Waals surface area contributed by atoms with Crippen molar-refractivity contribution in [2.24, 2.45) is 11.3 Å². The van der Waals surface area contributed by atoms with Gasteiger partial charge < -0.3 is 19.9 Å². The molecule has 118 valence electrons. The van der Waals surface area contributed by atoms with Gasteiger partial charge in [0.25, 0.3) is 0 Å². The van der Waals surface area contributed by atoms with Crippen LogP contribution in [-0.2, 0) is 20.7 Å². The highest BCUT2D eigenvalue weighted by atomic mass is 32.2. The second-order valence-corrected chi connectivity index (χ2v) is 5.86. The van der Waals surface area contributed by atoms with Gasteiger partial charge in [-0.25, -0.2) is 0 Å². The van der Waals surface area contributed by atoms with E-state index < -0.39 is 41.0 Å². The van der Waals surface area contributed by atoms with Crippen molar-refractivity contribution < 1.29 is 33.7 Å². The number of rotatable bonds is 11. The first-order valence-corrected chi connectivity index (χ1v) is 7.62. The van der Waals surface area contributed by atoms with Crippen LogP contribution in [0.5, 0.6) is 0 Å². The molecule has 7 nitrogen and oxygen atoms in total. The monoisotopic (exact) mass is 309 g/mol. The molecule has 0 aromatic carbocycles. The number of aliphatic carboxylic acids is 2. The molecule has 3 N–H and O–H groups in total. The maximum Gasteiger partial charge on any atom is 0.303 e. The van der Waals surface area contributed by atoms with Crippen LogP contribution in [0.3, 0.4) is 0 Å². The number of aliphatic hydroxyl groups excluding tert-OH is 1. The van der Waals surface area contributed by atoms with Gasteiger partial charge in [-0.2, -0.15) is 0 Å². The Morgan fingerprint density at radius 1 is 1.25 bits per heavy atom. The van der Waals surface area contributed by atoms with Gasteiger partial charge in [0.15, 0.2) is 0 Å². The first-order chi connectivity index (χ1) is 9.27. The summed E-state index contributed by atoms with van der Waals surface area (Å²) in [5.74, 6) is -2.96. The molecule has 0 aliphatic rings. The molecule has 0 aliphatic carbocycles. The van der Waals surface area contributed by atoms with Crippen molar-refractivity contribution >= 4 is 23.0 Å². The summed E-state index contributed by atoms with van der Waals surface area (Å²) in [4.78, 5) is 21.6. The molecular formula is C12H21O7S-. The van der Waals surface area contributed by atoms with Gasteiger partial charge in [0, 0.05) is 18.8 Å². The number of carboxylic acid groups (broad SMARTS) is 2. The summed E-state index contributed by atoms with van der Waals surface area (Å²) < 4.78 is 21.5. The van der Waals surface area contributed by atoms with Gasteiger partial charge in [0.2, 0.25) is 0 Å². The third-order valence-corrected chi connectivity index (χ3v) is 4.35. The Balaban J connectivity index is 5.16. The lowest BCUT2D eigenvalue weighted by Crippen LogP contribution is -2.36. The molecule has 0 aromatic heterocycles. The van der Waals surface area contributed by atoms with E-state index in [4.69, 9.17) is 10.2 Å². The summed E-state index contributed by atoms with van der Waals surface area (Å²) in [6, 6.07) is 0. The molecule has 3 atom stereocenters. The highest BCUT2D eigenvalue weighted by molar-refractivity contribution is 7.79. The summed E-state index contributed by atoms with van der Waals surface area (Å²) >= 11 is -2.29. The molecule has 0 rings (SSSR count). The van der Waals surface area contributed by atoms with Crippen molar-refractivity contribution in [1.82, 2.24) is 0 Å². The van der Waals surface area contributed by atoms with Crippen LogP contribution in [0.1, 0.15) is 39.0 Å². The molecule has 20 heavy (non-hydrogen) atoms. The third-order valence-electron chi connectivity index (χ3n) is 3.81. The molecule has 8 heteroatoms. The van der Waals surface area contributed by atoms with E-state index in [1.807, 2.05) is 0 Å². The maximum atomic E-state index is 10.9. The lowest BCUT2D eigenvalue weighted by Gasteiger charge is -2.39. The van der Waals surface area contributed by atoms with E-state index in [1.165, 1.54) is 0 Å². The fraction of sp³-hybridized carbons (Fsp3) is 0.833. The Labute approximate surface area is 120 Å². The van der Waals surface area contributed by atoms with E-state index in [1.54, 1.807) is 6.92 Å². The molecule has 0 saturated heterocycles. The first-order valence-electron chi connectivity index (χ1n) is 6.37. The van der Waals surface area contributed by atoms with Gasteiger partial charge in [-0.05, 0) is 24.2 Å². The molecule has 0 fully saturated rings. The van der Waals surface area contributed by atoms with Crippen molar-refractivity contribution in [2.75, 3.05) is 12.4 Å². The Hall–Kier alpha value is -0.990. The molecule has 0 saturated carbocycles. The highest BCUT2D eigenvalue weighted by Crippen LogP contribution is 2.42. The van der Waals surface area contributed by atoms with Gasteiger partial charge in [-0.1, -0.05) is 24.4 Å². The van der Waals surface area contributed by atoms with Gasteiger partial charge in [-0.3, -0.25) is 13.8 Å². The standard InChI is InChI=1S/C12H22O7S/c1-2-12(4-3-10(14)15,5-6-20(18)19)9(8-13)7-11(16)17/h9,13H,2-8H2,1H3,(H,14,15)(H,16,17)(H,18,19)/p-1. The topological polar surface area (TPSA) is 135 Å². The van der Waals surface area contributed by atoms with Gasteiger partial charge in [-0.15, -0.1) is 0 Å². The Morgan fingerprint density at radius 2 is 1.85 bits per heavy atom. The van der Waals surface area contributed by atoms with Gasteiger partial charge in [0.05, 0.1) is 6.42 Å². The fourth-order valence-corrected chi connectivity index (χ4v) is 3.08. The summed E-state index contributed by atoms with van der Waals surface area (Å²) in [5.41, 5.74) is -0.800. The lowest BCUT2D eigenvalue weighted by atomic mass is 9.67. The number of carbonyl (C=O) groups is 2. The first kappa shape index (κ1) is 19.0. The van der Waals surface area contributed by atoms with E-state index in [0.717, 1.165) is 0 Å². The van der Waals surface area contributed by atoms with E-state index in [-0.39, 0.29) is 31.4 Å². The minimum absolute atomic E-state index is 0.144. The minimum Gasteiger partial charge on any atom is -0.772 e. The molecular weight excluding hydrogens is 288 g/mol. The van der Waals surface area contributed by atoms with Crippen LogP contribution in [0.2, 0.25) is 0 Å². The predicted octanol–water partition coefficient (Wildman–Crippen LogP) is 0.600. The van der Waals surface area contributed by atoms with E-state index in [2.05, 4.69) is 0 Å². The van der Waals surface area contributed by atoms with E-state index in [9.17, 15) is 23.5 Å². The van der Waals surface area contributed by atoms with E-state index >= 15 is 0 Å². The van der Waals surface area contributed by atoms with E-state index in [0.29, 0.717) is 6.42 Å². The smallest absolute Gasteiger partial charge is 0.303 e. The van der Waals surface area contributed by atoms with Gasteiger partial charge in [0.1, 0.15) is 0 Å². The minimum atomic E-state index is -2.29. The average molecular weight is 309 g/mol. The molecule has 0 amide bonds. The van der Waals surface area contributed by atoms with Crippen molar-refractivity contribution in [3.63, 3.8) is 0 Å². The molecule has 0 spiro atoms. The van der Waals surface area contributed by atoms with Crippen molar-refractivity contribution in [1.29, 1.82) is 0 Å². The number of carboxylic acids is 2. The SMILES string of the molecule is CCC(CCC(=O)O)(CCS(=O)[O-])C(CO)CC(=O)O. The van der Waals surface area contributed by atoms with Crippen LogP contribution in [0.15, 0.2) is 0 Å². The fourth-order valence-electron chi connectivity index (χ4n) is 2.50. The normalized spacial score (nSPS) is 17.1. The summed E-state index contributed by atoms with van der Waals surface area (Å²) in [6.07, 6.45) is 0.209. The Bertz CT molecular complexity index is 338. The van der Waals surface area contributed by atoms with Crippen LogP contribution in [-0.4, -0.2) is 48.4 Å². The third kappa shape index (κ3) is 6.44. The van der Waals surface area contributed by atoms with Crippen LogP contribution >= 0.6 is 0 Å². The molecule has 0 aromatic rings. The van der Waals surface area contributed by atoms with Gasteiger partial charge >= 0.3 is 11.9 Å². The Kier molecular flexibility index (Phi) is 8.59. The molecule has 0 aliphatic heterocycles. The molecule has 3 unspecified atom stereocenters. The van der Waals surface area contributed by atoms with Crippen LogP contribution in [0.25, 0.3) is 0 Å². The maximum absolute atomic E-state index is 10.9. The largest absolute Gasteiger partial charge is 0.772 e. The Morgan fingerprint density at radius 3 is 2.20 bits per heavy atom. The number of hydrogen-bond acceptors (Lipinski definition) is 5. The summed E-state index contributed by atoms with van der Waals surface area (Å²) in [6.45, 7) is 1.34. The van der Waals surface area contributed by atoms with Crippen LogP contribution in [0, 0.1) is 11.3 Å². The zero-order chi connectivity index (χ0) is 15.8. The zero-order valence-corrected chi connectivity index (χ0v) is 12.2. The summed E-state index contributed by atoms with van der Waals surface area (Å²) in [7, 11) is 0. The second kappa shape index (κ2) is 9.04. The average Bonchev–Trinajstić information content (AvgIpc) is 2.36. The molecule has 0 radical (unpaired) electrons. The lowest BCUT2D eigenvalue weighted by molar-refractivity contribution is -0.140. The van der Waals surface area contributed by atoms with Crippen molar-refractivity contribution in [3.8, 4) is 0 Å². The number of hydrogen-bond donors (Lipinski definition) is 3. The van der Waals surface area contributed by atoms with Crippen molar-refractivity contribution in [3.05, 3.63) is 0 Å². The van der Waals surface area contributed by atoms with Crippen LogP contribution < -0.4 is 0 Å². The van der Waals surface area contributed by atoms with Crippen LogP contribution in [0.4, 0.5) is 0 Å². The number of aliphatic hydroxyl groups is 1. The zero-order valence-electron chi connectivity index (χ0n) is 11.4. The molecule has 0 bridgehead atoms. The highest BCUT2D eigenvalue weighted by Gasteiger charge is 2.38. The predicted molar refractivity (Wildman–Crippen MR) is 70.8 cm³/mol. The molecule has 0 heterocycles. The quantitative estimate of drug-likeness (QED) is 0.475.